The Morgan fingerprint density at radius 2 is 1.96 bits per heavy atom. The minimum absolute atomic E-state index is 0.00358. The maximum Gasteiger partial charge on any atom is 0.254 e. The van der Waals surface area contributed by atoms with E-state index in [4.69, 9.17) is 0 Å². The highest BCUT2D eigenvalue weighted by molar-refractivity contribution is 5.97. The van der Waals surface area contributed by atoms with Crippen LogP contribution < -0.4 is 0 Å². The van der Waals surface area contributed by atoms with Gasteiger partial charge in [0.05, 0.1) is 18.2 Å². The Morgan fingerprint density at radius 3 is 2.73 bits per heavy atom. The Bertz CT molecular complexity index is 950. The third-order valence-corrected chi connectivity index (χ3v) is 5.14. The van der Waals surface area contributed by atoms with Gasteiger partial charge in [-0.3, -0.25) is 9.78 Å². The molecular formula is C22H22N2O2. The van der Waals surface area contributed by atoms with Crippen molar-refractivity contribution in [2.24, 2.45) is 0 Å². The monoisotopic (exact) mass is 346 g/mol. The Hall–Kier alpha value is -2.72. The number of aromatic nitrogens is 1. The molecule has 2 aromatic carbocycles. The van der Waals surface area contributed by atoms with E-state index in [0.29, 0.717) is 5.56 Å². The van der Waals surface area contributed by atoms with Crippen molar-refractivity contribution in [2.45, 2.75) is 25.8 Å². The second-order valence-electron chi connectivity index (χ2n) is 6.88. The summed E-state index contributed by atoms with van der Waals surface area (Å²) in [4.78, 5) is 19.1. The third kappa shape index (κ3) is 2.97. The van der Waals surface area contributed by atoms with E-state index in [1.54, 1.807) is 4.90 Å². The first-order valence-electron chi connectivity index (χ1n) is 9.06. The summed E-state index contributed by atoms with van der Waals surface area (Å²) in [5.74, 6) is 0.00358. The number of benzene rings is 2. The number of aryl methyl sites for hydroxylation is 1. The summed E-state index contributed by atoms with van der Waals surface area (Å²) in [7, 11) is 0. The van der Waals surface area contributed by atoms with Crippen molar-refractivity contribution in [1.29, 1.82) is 0 Å². The largest absolute Gasteiger partial charge is 0.394 e. The molecule has 1 aliphatic rings. The van der Waals surface area contributed by atoms with Crippen LogP contribution in [0.2, 0.25) is 0 Å². The van der Waals surface area contributed by atoms with Gasteiger partial charge in [-0.25, -0.2) is 0 Å². The van der Waals surface area contributed by atoms with Gasteiger partial charge in [-0.05, 0) is 55.2 Å². The fourth-order valence-corrected chi connectivity index (χ4v) is 3.80. The smallest absolute Gasteiger partial charge is 0.254 e. The van der Waals surface area contributed by atoms with Crippen molar-refractivity contribution in [3.8, 4) is 11.1 Å². The van der Waals surface area contributed by atoms with Crippen LogP contribution in [0.3, 0.4) is 0 Å². The summed E-state index contributed by atoms with van der Waals surface area (Å²) in [6.45, 7) is 2.75. The zero-order valence-corrected chi connectivity index (χ0v) is 14.9. The molecule has 26 heavy (non-hydrogen) atoms. The van der Waals surface area contributed by atoms with Gasteiger partial charge in [0.25, 0.3) is 5.91 Å². The fraction of sp³-hybridized carbons (Fsp3) is 0.273. The Balaban J connectivity index is 1.68. The zero-order valence-electron chi connectivity index (χ0n) is 14.9. The molecule has 1 aliphatic heterocycles. The molecule has 0 saturated carbocycles. The number of fused-ring (bicyclic) bond motifs is 1. The molecule has 2 heterocycles. The van der Waals surface area contributed by atoms with Crippen molar-refractivity contribution in [1.82, 2.24) is 9.88 Å². The second kappa shape index (κ2) is 6.89. The number of carbonyl (C=O) groups excluding carboxylic acids is 1. The van der Waals surface area contributed by atoms with Crippen LogP contribution in [0, 0.1) is 6.92 Å². The van der Waals surface area contributed by atoms with Crippen molar-refractivity contribution in [3.05, 3.63) is 65.9 Å². The Labute approximate surface area is 153 Å². The van der Waals surface area contributed by atoms with Crippen LogP contribution in [0.4, 0.5) is 0 Å². The van der Waals surface area contributed by atoms with Crippen molar-refractivity contribution in [3.63, 3.8) is 0 Å². The van der Waals surface area contributed by atoms with Gasteiger partial charge in [0, 0.05) is 23.2 Å². The highest BCUT2D eigenvalue weighted by Crippen LogP contribution is 2.29. The van der Waals surface area contributed by atoms with Gasteiger partial charge in [-0.2, -0.15) is 0 Å². The molecule has 1 amide bonds. The highest BCUT2D eigenvalue weighted by Gasteiger charge is 2.28. The van der Waals surface area contributed by atoms with Crippen LogP contribution in [-0.2, 0) is 0 Å². The van der Waals surface area contributed by atoms with Gasteiger partial charge in [-0.1, -0.05) is 30.3 Å². The zero-order chi connectivity index (χ0) is 18.1. The van der Waals surface area contributed by atoms with E-state index >= 15 is 0 Å². The molecule has 4 nitrogen and oxygen atoms in total. The van der Waals surface area contributed by atoms with E-state index in [-0.39, 0.29) is 18.6 Å². The number of para-hydroxylation sites is 1. The van der Waals surface area contributed by atoms with Crippen LogP contribution in [0.15, 0.2) is 54.6 Å². The topological polar surface area (TPSA) is 53.4 Å². The molecule has 1 N–H and O–H groups in total. The predicted molar refractivity (Wildman–Crippen MR) is 103 cm³/mol. The first kappa shape index (κ1) is 16.7. The first-order valence-corrected chi connectivity index (χ1v) is 9.06. The fourth-order valence-electron chi connectivity index (χ4n) is 3.80. The summed E-state index contributed by atoms with van der Waals surface area (Å²) in [5.41, 5.74) is 4.82. The number of likely N-dealkylation sites (tertiary alicyclic amines) is 1. The summed E-state index contributed by atoms with van der Waals surface area (Å²) in [5, 5.41) is 10.6. The summed E-state index contributed by atoms with van der Waals surface area (Å²) in [6.07, 6.45) is 1.83. The molecule has 132 valence electrons. The summed E-state index contributed by atoms with van der Waals surface area (Å²) < 4.78 is 0. The summed E-state index contributed by atoms with van der Waals surface area (Å²) >= 11 is 0. The maximum absolute atomic E-state index is 12.7. The molecule has 3 aromatic rings. The van der Waals surface area contributed by atoms with Gasteiger partial charge in [0.2, 0.25) is 0 Å². The summed E-state index contributed by atoms with van der Waals surface area (Å²) in [6, 6.07) is 17.9. The lowest BCUT2D eigenvalue weighted by molar-refractivity contribution is 0.0677. The van der Waals surface area contributed by atoms with E-state index in [9.17, 15) is 9.90 Å². The van der Waals surface area contributed by atoms with E-state index in [2.05, 4.69) is 17.1 Å². The van der Waals surface area contributed by atoms with Crippen LogP contribution in [-0.4, -0.2) is 40.1 Å². The highest BCUT2D eigenvalue weighted by atomic mass is 16.3. The first-order chi connectivity index (χ1) is 12.7. The lowest BCUT2D eigenvalue weighted by atomic mass is 9.99. The van der Waals surface area contributed by atoms with Crippen LogP contribution in [0.5, 0.6) is 0 Å². The molecular weight excluding hydrogens is 324 g/mol. The Kier molecular flexibility index (Phi) is 4.43. The molecule has 1 fully saturated rings. The number of rotatable bonds is 3. The molecule has 0 spiro atoms. The quantitative estimate of drug-likeness (QED) is 0.785. The standard InChI is InChI=1S/C22H22N2O2/c1-15-13-20(19-6-2-3-7-21(19)23-15)16-8-10-17(11-9-16)22(26)24-12-4-5-18(24)14-25/h2-3,6-11,13,18,25H,4-5,12,14H2,1H3. The second-order valence-corrected chi connectivity index (χ2v) is 6.88. The van der Waals surface area contributed by atoms with Crippen molar-refractivity contribution in [2.75, 3.05) is 13.2 Å². The minimum atomic E-state index is -0.0473. The average Bonchev–Trinajstić information content (AvgIpc) is 3.15. The van der Waals surface area contributed by atoms with E-state index in [1.807, 2.05) is 49.4 Å². The van der Waals surface area contributed by atoms with E-state index in [0.717, 1.165) is 47.1 Å². The van der Waals surface area contributed by atoms with Crippen LogP contribution in [0.1, 0.15) is 28.9 Å². The SMILES string of the molecule is Cc1cc(-c2ccc(C(=O)N3CCCC3CO)cc2)c2ccccc2n1. The normalized spacial score (nSPS) is 17.0. The van der Waals surface area contributed by atoms with Crippen LogP contribution >= 0.6 is 0 Å². The van der Waals surface area contributed by atoms with Crippen molar-refractivity contribution >= 4 is 16.8 Å². The van der Waals surface area contributed by atoms with Gasteiger partial charge in [-0.15, -0.1) is 0 Å². The predicted octanol–water partition coefficient (Wildman–Crippen LogP) is 3.81. The van der Waals surface area contributed by atoms with Gasteiger partial charge < -0.3 is 10.0 Å². The maximum atomic E-state index is 12.7. The molecule has 0 aliphatic carbocycles. The van der Waals surface area contributed by atoms with Crippen LogP contribution in [0.25, 0.3) is 22.0 Å². The van der Waals surface area contributed by atoms with E-state index in [1.165, 1.54) is 0 Å². The molecule has 4 rings (SSSR count). The number of carbonyl (C=O) groups is 1. The molecule has 1 atom stereocenters. The van der Waals surface area contributed by atoms with Gasteiger partial charge in [0.15, 0.2) is 0 Å². The number of amides is 1. The molecule has 0 bridgehead atoms. The molecule has 4 heteroatoms. The van der Waals surface area contributed by atoms with Gasteiger partial charge in [0.1, 0.15) is 0 Å². The number of hydrogen-bond acceptors (Lipinski definition) is 3. The number of aliphatic hydroxyl groups excluding tert-OH is 1. The Morgan fingerprint density at radius 1 is 1.19 bits per heavy atom. The number of aliphatic hydroxyl groups is 1. The molecule has 1 unspecified atom stereocenters. The molecule has 1 aromatic heterocycles. The number of hydrogen-bond donors (Lipinski definition) is 1. The number of nitrogens with zero attached hydrogens (tertiary/aromatic N) is 2. The lowest BCUT2D eigenvalue weighted by Gasteiger charge is -2.23. The van der Waals surface area contributed by atoms with E-state index < -0.39 is 0 Å². The molecule has 0 radical (unpaired) electrons. The third-order valence-electron chi connectivity index (χ3n) is 5.14. The lowest BCUT2D eigenvalue weighted by Crippen LogP contribution is -2.37. The average molecular weight is 346 g/mol. The van der Waals surface area contributed by atoms with Crippen molar-refractivity contribution < 1.29 is 9.90 Å². The minimum Gasteiger partial charge on any atom is -0.394 e. The van der Waals surface area contributed by atoms with Gasteiger partial charge >= 0.3 is 0 Å². The number of pyridine rings is 1. The molecule has 1 saturated heterocycles.